The number of H-pyrrole nitrogens is 1. The number of hydrogen-bond acceptors (Lipinski definition) is 5. The second-order valence-corrected chi connectivity index (χ2v) is 6.16. The Morgan fingerprint density at radius 3 is 2.68 bits per heavy atom. The quantitative estimate of drug-likeness (QED) is 0.452. The lowest BCUT2D eigenvalue weighted by Gasteiger charge is -2.13. The molecule has 0 spiro atoms. The van der Waals surface area contributed by atoms with Crippen molar-refractivity contribution in [2.45, 2.75) is 0 Å². The van der Waals surface area contributed by atoms with Crippen LogP contribution in [0.2, 0.25) is 0 Å². The fourth-order valence-electron chi connectivity index (χ4n) is 3.19. The molecule has 8 heteroatoms. The highest BCUT2D eigenvalue weighted by Crippen LogP contribution is 2.34. The van der Waals surface area contributed by atoms with Crippen LogP contribution in [0.3, 0.4) is 0 Å². The number of benzene rings is 2. The molecule has 2 N–H and O–H groups in total. The maximum absolute atomic E-state index is 13.6. The monoisotopic (exact) mass is 374 g/mol. The Morgan fingerprint density at radius 1 is 0.929 bits per heavy atom. The van der Waals surface area contributed by atoms with Crippen LogP contribution in [0.1, 0.15) is 0 Å². The van der Waals surface area contributed by atoms with Crippen molar-refractivity contribution < 1.29 is 8.78 Å². The van der Waals surface area contributed by atoms with Gasteiger partial charge in [0, 0.05) is 45.9 Å². The molecule has 3 aromatic heterocycles. The molecule has 0 unspecified atom stereocenters. The summed E-state index contributed by atoms with van der Waals surface area (Å²) in [4.78, 5) is 13.2. The van der Waals surface area contributed by atoms with Crippen LogP contribution in [0, 0.1) is 11.6 Å². The van der Waals surface area contributed by atoms with Gasteiger partial charge in [-0.3, -0.25) is 10.1 Å². The number of aromatic amines is 1. The van der Waals surface area contributed by atoms with E-state index in [2.05, 4.69) is 25.5 Å². The van der Waals surface area contributed by atoms with Crippen LogP contribution >= 0.6 is 0 Å². The summed E-state index contributed by atoms with van der Waals surface area (Å²) in [7, 11) is 0. The van der Waals surface area contributed by atoms with Crippen LogP contribution in [0.4, 0.5) is 20.3 Å². The van der Waals surface area contributed by atoms with Gasteiger partial charge in [-0.05, 0) is 24.3 Å². The number of hydrogen-bond donors (Lipinski definition) is 2. The van der Waals surface area contributed by atoms with Crippen LogP contribution in [0.5, 0.6) is 0 Å². The van der Waals surface area contributed by atoms with E-state index in [0.717, 1.165) is 33.9 Å². The number of nitrogens with one attached hydrogen (secondary N) is 2. The van der Waals surface area contributed by atoms with Gasteiger partial charge in [0.15, 0.2) is 17.5 Å². The van der Waals surface area contributed by atoms with E-state index in [1.165, 1.54) is 12.4 Å². The molecule has 0 bridgehead atoms. The Morgan fingerprint density at radius 2 is 1.86 bits per heavy atom. The number of nitrogens with zero attached hydrogens (tertiary/aromatic N) is 4. The van der Waals surface area contributed by atoms with Crippen molar-refractivity contribution in [1.29, 1.82) is 0 Å². The van der Waals surface area contributed by atoms with Gasteiger partial charge in [-0.2, -0.15) is 5.10 Å². The summed E-state index contributed by atoms with van der Waals surface area (Å²) in [5.41, 5.74) is 1.81. The van der Waals surface area contributed by atoms with Crippen LogP contribution in [0.15, 0.2) is 61.2 Å². The summed E-state index contributed by atoms with van der Waals surface area (Å²) in [6.07, 6.45) is 4.90. The number of fused-ring (bicyclic) bond motifs is 3. The third-order valence-corrected chi connectivity index (χ3v) is 4.46. The van der Waals surface area contributed by atoms with Gasteiger partial charge in [0.1, 0.15) is 12.1 Å². The molecule has 0 radical (unpaired) electrons. The highest BCUT2D eigenvalue weighted by atomic mass is 19.2. The Balaban J connectivity index is 1.77. The van der Waals surface area contributed by atoms with E-state index in [1.807, 2.05) is 24.3 Å². The predicted molar refractivity (Wildman–Crippen MR) is 102 cm³/mol. The van der Waals surface area contributed by atoms with Crippen LogP contribution in [-0.4, -0.2) is 25.1 Å². The molecule has 0 aliphatic heterocycles. The molecule has 0 saturated carbocycles. The zero-order valence-electron chi connectivity index (χ0n) is 14.3. The Hall–Kier alpha value is -3.94. The predicted octanol–water partition coefficient (Wildman–Crippen LogP) is 4.59. The van der Waals surface area contributed by atoms with Crippen molar-refractivity contribution in [2.24, 2.45) is 0 Å². The van der Waals surface area contributed by atoms with Gasteiger partial charge in [-0.15, -0.1) is 0 Å². The zero-order valence-corrected chi connectivity index (χ0v) is 14.3. The highest BCUT2D eigenvalue weighted by molar-refractivity contribution is 6.13. The van der Waals surface area contributed by atoms with Gasteiger partial charge < -0.3 is 5.32 Å². The van der Waals surface area contributed by atoms with Gasteiger partial charge >= 0.3 is 0 Å². The number of rotatable bonds is 3. The van der Waals surface area contributed by atoms with E-state index in [-0.39, 0.29) is 0 Å². The van der Waals surface area contributed by atoms with Gasteiger partial charge in [-0.25, -0.2) is 18.7 Å². The first-order valence-corrected chi connectivity index (χ1v) is 8.45. The third-order valence-electron chi connectivity index (χ3n) is 4.46. The summed E-state index contributed by atoms with van der Waals surface area (Å²) in [5.74, 6) is -0.824. The molecule has 5 rings (SSSR count). The normalized spacial score (nSPS) is 11.2. The summed E-state index contributed by atoms with van der Waals surface area (Å²) in [6.45, 7) is 0. The smallest absolute Gasteiger partial charge is 0.183 e. The molecular weight excluding hydrogens is 362 g/mol. The van der Waals surface area contributed by atoms with E-state index in [1.54, 1.807) is 12.4 Å². The maximum Gasteiger partial charge on any atom is 0.183 e. The lowest BCUT2D eigenvalue weighted by Crippen LogP contribution is -1.99. The summed E-state index contributed by atoms with van der Waals surface area (Å²) < 4.78 is 26.9. The summed E-state index contributed by atoms with van der Waals surface area (Å²) in [6, 6.07) is 11.2. The molecule has 0 aliphatic carbocycles. The number of halogens is 2. The van der Waals surface area contributed by atoms with Gasteiger partial charge in [0.2, 0.25) is 0 Å². The van der Waals surface area contributed by atoms with E-state index in [4.69, 9.17) is 4.98 Å². The average Bonchev–Trinajstić information content (AvgIpc) is 3.25. The van der Waals surface area contributed by atoms with Crippen LogP contribution < -0.4 is 5.32 Å². The largest absolute Gasteiger partial charge is 0.340 e. The van der Waals surface area contributed by atoms with Crippen LogP contribution in [0.25, 0.3) is 33.1 Å². The van der Waals surface area contributed by atoms with Crippen molar-refractivity contribution in [2.75, 3.05) is 5.32 Å². The van der Waals surface area contributed by atoms with E-state index >= 15 is 0 Å². The molecule has 0 aliphatic rings. The fourth-order valence-corrected chi connectivity index (χ4v) is 3.19. The number of aromatic nitrogens is 5. The minimum atomic E-state index is -0.932. The highest BCUT2D eigenvalue weighted by Gasteiger charge is 2.14. The molecule has 0 amide bonds. The first-order chi connectivity index (χ1) is 13.7. The van der Waals surface area contributed by atoms with Crippen molar-refractivity contribution in [3.8, 4) is 11.4 Å². The molecule has 0 atom stereocenters. The Bertz CT molecular complexity index is 1320. The summed E-state index contributed by atoms with van der Waals surface area (Å²) in [5, 5.41) is 12.5. The van der Waals surface area contributed by atoms with Crippen molar-refractivity contribution in [1.82, 2.24) is 25.1 Å². The third kappa shape index (κ3) is 2.62. The second-order valence-electron chi connectivity index (χ2n) is 6.16. The Labute approximate surface area is 157 Å². The average molecular weight is 374 g/mol. The molecule has 3 heterocycles. The lowest BCUT2D eigenvalue weighted by molar-refractivity contribution is 0.509. The number of pyridine rings is 2. The first-order valence-electron chi connectivity index (χ1n) is 8.45. The molecule has 136 valence electrons. The molecule has 5 aromatic rings. The van der Waals surface area contributed by atoms with Gasteiger partial charge in [-0.1, -0.05) is 12.1 Å². The van der Waals surface area contributed by atoms with Crippen molar-refractivity contribution in [3.05, 3.63) is 72.8 Å². The topological polar surface area (TPSA) is 79.4 Å². The number of anilines is 2. The summed E-state index contributed by atoms with van der Waals surface area (Å²) >= 11 is 0. The first kappa shape index (κ1) is 16.2. The molecule has 28 heavy (non-hydrogen) atoms. The van der Waals surface area contributed by atoms with Gasteiger partial charge in [0.25, 0.3) is 0 Å². The molecule has 2 aromatic carbocycles. The fraction of sp³-hybridized carbons (Fsp3) is 0. The minimum Gasteiger partial charge on any atom is -0.340 e. The minimum absolute atomic E-state index is 0.388. The zero-order chi connectivity index (χ0) is 19.1. The van der Waals surface area contributed by atoms with E-state index in [0.29, 0.717) is 22.8 Å². The lowest BCUT2D eigenvalue weighted by atomic mass is 10.0. The maximum atomic E-state index is 13.6. The van der Waals surface area contributed by atoms with E-state index < -0.39 is 11.6 Å². The SMILES string of the molecule is Fc1ccc(Nc2nc3c(-c4nc[nH]n4)cccc3c3cnccc23)cc1F. The van der Waals surface area contributed by atoms with E-state index in [9.17, 15) is 8.78 Å². The van der Waals surface area contributed by atoms with Crippen LogP contribution in [-0.2, 0) is 0 Å². The molecular formula is C20H12F2N6. The van der Waals surface area contributed by atoms with Crippen molar-refractivity contribution in [3.63, 3.8) is 0 Å². The van der Waals surface area contributed by atoms with Gasteiger partial charge in [0.05, 0.1) is 5.52 Å². The molecule has 0 saturated heterocycles. The van der Waals surface area contributed by atoms with Crippen molar-refractivity contribution >= 4 is 33.2 Å². The number of para-hydroxylation sites is 1. The Kier molecular flexibility index (Phi) is 3.68. The standard InChI is InChI=1S/C20H12F2N6/c21-16-5-4-11(8-17(16)22)26-20-13-6-7-23-9-15(13)12-2-1-3-14(18(12)27-20)19-24-10-25-28-19/h1-10H,(H,26,27)(H,24,25,28). The molecule has 0 fully saturated rings. The molecule has 6 nitrogen and oxygen atoms in total. The second kappa shape index (κ2) is 6.34.